The summed E-state index contributed by atoms with van der Waals surface area (Å²) < 4.78 is 11.7. The summed E-state index contributed by atoms with van der Waals surface area (Å²) in [5.41, 5.74) is 1.71. The maximum Gasteiger partial charge on any atom is 0.277 e. The molecule has 3 rings (SSSR count). The van der Waals surface area contributed by atoms with Gasteiger partial charge in [0.05, 0.1) is 12.9 Å². The average molecular weight is 308 g/mol. The van der Waals surface area contributed by atoms with Gasteiger partial charge in [-0.05, 0) is 18.2 Å². The molecule has 0 atom stereocenters. The SMILES string of the molecule is COC(Cn1cnc2c([nH]c3ccc(Cl)cc32)c1=O)OC. The average Bonchev–Trinajstić information content (AvgIpc) is 2.85. The molecule has 2 aromatic heterocycles. The minimum atomic E-state index is -0.499. The van der Waals surface area contributed by atoms with Gasteiger partial charge in [-0.25, -0.2) is 4.98 Å². The quantitative estimate of drug-likeness (QED) is 0.750. The third kappa shape index (κ3) is 2.42. The molecule has 0 unspecified atom stereocenters. The number of H-pyrrole nitrogens is 1. The van der Waals surface area contributed by atoms with E-state index < -0.39 is 6.29 Å². The number of benzene rings is 1. The Morgan fingerprint density at radius 1 is 1.38 bits per heavy atom. The number of nitrogens with zero attached hydrogens (tertiary/aromatic N) is 2. The molecule has 0 amide bonds. The molecule has 0 saturated heterocycles. The monoisotopic (exact) mass is 307 g/mol. The second-order valence-electron chi connectivity index (χ2n) is 4.64. The summed E-state index contributed by atoms with van der Waals surface area (Å²) in [5.74, 6) is 0. The largest absolute Gasteiger partial charge is 0.354 e. The second kappa shape index (κ2) is 5.48. The van der Waals surface area contributed by atoms with E-state index in [2.05, 4.69) is 9.97 Å². The van der Waals surface area contributed by atoms with Crippen LogP contribution < -0.4 is 5.56 Å². The normalized spacial score (nSPS) is 11.8. The van der Waals surface area contributed by atoms with Crippen LogP contribution in [-0.4, -0.2) is 35.0 Å². The van der Waals surface area contributed by atoms with E-state index >= 15 is 0 Å². The number of aromatic nitrogens is 3. The number of ether oxygens (including phenoxy) is 2. The van der Waals surface area contributed by atoms with Crippen LogP contribution in [0.1, 0.15) is 0 Å². The molecule has 6 nitrogen and oxygen atoms in total. The van der Waals surface area contributed by atoms with Gasteiger partial charge in [0.2, 0.25) is 0 Å². The summed E-state index contributed by atoms with van der Waals surface area (Å²) in [6.45, 7) is 0.269. The third-order valence-corrected chi connectivity index (χ3v) is 3.64. The Morgan fingerprint density at radius 3 is 2.86 bits per heavy atom. The number of fused-ring (bicyclic) bond motifs is 3. The Morgan fingerprint density at radius 2 is 2.14 bits per heavy atom. The predicted octanol–water partition coefficient (Wildman–Crippen LogP) is 2.15. The molecule has 0 aliphatic rings. The number of halogens is 1. The number of nitrogens with one attached hydrogen (secondary N) is 1. The molecule has 0 fully saturated rings. The molecule has 0 spiro atoms. The van der Waals surface area contributed by atoms with Crippen LogP contribution in [-0.2, 0) is 16.0 Å². The van der Waals surface area contributed by atoms with Crippen molar-refractivity contribution in [1.82, 2.24) is 14.5 Å². The van der Waals surface area contributed by atoms with Crippen molar-refractivity contribution >= 4 is 33.5 Å². The number of methoxy groups -OCH3 is 2. The molecule has 1 N–H and O–H groups in total. The van der Waals surface area contributed by atoms with E-state index in [9.17, 15) is 4.79 Å². The summed E-state index contributed by atoms with van der Waals surface area (Å²) in [4.78, 5) is 19.9. The predicted molar refractivity (Wildman–Crippen MR) is 80.7 cm³/mol. The van der Waals surface area contributed by atoms with Gasteiger partial charge in [0.1, 0.15) is 11.0 Å². The van der Waals surface area contributed by atoms with Gasteiger partial charge in [-0.3, -0.25) is 9.36 Å². The van der Waals surface area contributed by atoms with Crippen LogP contribution in [0, 0.1) is 0 Å². The molecule has 0 aliphatic heterocycles. The molecule has 3 aromatic rings. The van der Waals surface area contributed by atoms with Crippen molar-refractivity contribution in [3.8, 4) is 0 Å². The molecule has 0 radical (unpaired) electrons. The van der Waals surface area contributed by atoms with E-state index in [1.54, 1.807) is 12.1 Å². The first kappa shape index (κ1) is 14.1. The second-order valence-corrected chi connectivity index (χ2v) is 5.08. The lowest BCUT2D eigenvalue weighted by atomic mass is 10.2. The number of hydrogen-bond acceptors (Lipinski definition) is 4. The van der Waals surface area contributed by atoms with Crippen molar-refractivity contribution in [1.29, 1.82) is 0 Å². The summed E-state index contributed by atoms with van der Waals surface area (Å²) in [6, 6.07) is 5.39. The fraction of sp³-hybridized carbons (Fsp3) is 0.286. The van der Waals surface area contributed by atoms with Crippen molar-refractivity contribution < 1.29 is 9.47 Å². The summed E-state index contributed by atoms with van der Waals surface area (Å²) >= 11 is 6.00. The topological polar surface area (TPSA) is 69.1 Å². The Balaban J connectivity index is 2.17. The van der Waals surface area contributed by atoms with E-state index in [0.29, 0.717) is 16.1 Å². The van der Waals surface area contributed by atoms with Crippen LogP contribution in [0.25, 0.3) is 21.9 Å². The molecular formula is C14H14ClN3O3. The molecule has 0 saturated carbocycles. The Kier molecular flexibility index (Phi) is 3.67. The lowest BCUT2D eigenvalue weighted by Gasteiger charge is -2.14. The Labute approximate surface area is 125 Å². The van der Waals surface area contributed by atoms with Gasteiger partial charge in [0.25, 0.3) is 5.56 Å². The molecule has 1 aromatic carbocycles. The molecule has 0 aliphatic carbocycles. The molecular weight excluding hydrogens is 294 g/mol. The van der Waals surface area contributed by atoms with Gasteiger partial charge < -0.3 is 14.5 Å². The van der Waals surface area contributed by atoms with Gasteiger partial charge in [0.15, 0.2) is 6.29 Å². The highest BCUT2D eigenvalue weighted by molar-refractivity contribution is 6.31. The van der Waals surface area contributed by atoms with Crippen LogP contribution in [0.15, 0.2) is 29.3 Å². The molecule has 21 heavy (non-hydrogen) atoms. The lowest BCUT2D eigenvalue weighted by molar-refractivity contribution is -0.111. The molecule has 110 valence electrons. The summed E-state index contributed by atoms with van der Waals surface area (Å²) in [7, 11) is 3.05. The van der Waals surface area contributed by atoms with Gasteiger partial charge in [-0.2, -0.15) is 0 Å². The lowest BCUT2D eigenvalue weighted by Crippen LogP contribution is -2.29. The van der Waals surface area contributed by atoms with Crippen LogP contribution in [0.4, 0.5) is 0 Å². The van der Waals surface area contributed by atoms with Crippen LogP contribution >= 0.6 is 11.6 Å². The van der Waals surface area contributed by atoms with Crippen molar-refractivity contribution in [2.75, 3.05) is 14.2 Å². The first-order valence-corrected chi connectivity index (χ1v) is 6.74. The number of rotatable bonds is 4. The molecule has 0 bridgehead atoms. The highest BCUT2D eigenvalue weighted by atomic mass is 35.5. The minimum Gasteiger partial charge on any atom is -0.354 e. The fourth-order valence-electron chi connectivity index (χ4n) is 2.30. The fourth-order valence-corrected chi connectivity index (χ4v) is 2.47. The summed E-state index contributed by atoms with van der Waals surface area (Å²) in [6.07, 6.45) is 0.991. The summed E-state index contributed by atoms with van der Waals surface area (Å²) in [5, 5.41) is 1.44. The molecule has 7 heteroatoms. The first-order chi connectivity index (χ1) is 10.1. The maximum absolute atomic E-state index is 12.5. The highest BCUT2D eigenvalue weighted by Gasteiger charge is 2.13. The zero-order chi connectivity index (χ0) is 15.0. The first-order valence-electron chi connectivity index (χ1n) is 6.36. The Bertz CT molecular complexity index is 852. The minimum absolute atomic E-state index is 0.175. The highest BCUT2D eigenvalue weighted by Crippen LogP contribution is 2.24. The van der Waals surface area contributed by atoms with Crippen molar-refractivity contribution in [2.24, 2.45) is 0 Å². The molecule has 2 heterocycles. The smallest absolute Gasteiger partial charge is 0.277 e. The third-order valence-electron chi connectivity index (χ3n) is 3.41. The van der Waals surface area contributed by atoms with Crippen LogP contribution in [0.2, 0.25) is 5.02 Å². The van der Waals surface area contributed by atoms with E-state index in [-0.39, 0.29) is 12.1 Å². The van der Waals surface area contributed by atoms with E-state index in [1.807, 2.05) is 6.07 Å². The zero-order valence-corrected chi connectivity index (χ0v) is 12.3. The van der Waals surface area contributed by atoms with E-state index in [4.69, 9.17) is 21.1 Å². The Hall–Kier alpha value is -1.89. The number of hydrogen-bond donors (Lipinski definition) is 1. The van der Waals surface area contributed by atoms with Gasteiger partial charge >= 0.3 is 0 Å². The van der Waals surface area contributed by atoms with Gasteiger partial charge in [-0.1, -0.05) is 11.6 Å². The van der Waals surface area contributed by atoms with Crippen molar-refractivity contribution in [3.63, 3.8) is 0 Å². The van der Waals surface area contributed by atoms with Crippen molar-refractivity contribution in [2.45, 2.75) is 12.8 Å². The number of aromatic amines is 1. The maximum atomic E-state index is 12.5. The van der Waals surface area contributed by atoms with E-state index in [1.165, 1.54) is 25.1 Å². The van der Waals surface area contributed by atoms with Gasteiger partial charge in [-0.15, -0.1) is 0 Å². The standard InChI is InChI=1S/C14H14ClN3O3/c1-20-11(21-2)6-18-7-16-12-9-5-8(15)3-4-10(9)17-13(12)14(18)19/h3-5,7,11,17H,6H2,1-2H3. The zero-order valence-electron chi connectivity index (χ0n) is 11.6. The van der Waals surface area contributed by atoms with Gasteiger partial charge in [0, 0.05) is 30.1 Å². The van der Waals surface area contributed by atoms with Crippen LogP contribution in [0.3, 0.4) is 0 Å². The van der Waals surface area contributed by atoms with E-state index in [0.717, 1.165) is 10.9 Å². The van der Waals surface area contributed by atoms with Crippen molar-refractivity contribution in [3.05, 3.63) is 39.9 Å². The van der Waals surface area contributed by atoms with Crippen LogP contribution in [0.5, 0.6) is 0 Å².